The number of ether oxygens (including phenoxy) is 2. The number of guanidine groups is 1. The predicted molar refractivity (Wildman–Crippen MR) is 204 cm³/mol. The highest BCUT2D eigenvalue weighted by atomic mass is 31.2. The van der Waals surface area contributed by atoms with Crippen LogP contribution in [0.25, 0.3) is 16.9 Å². The average molecular weight is 1000 g/mol. The van der Waals surface area contributed by atoms with Crippen LogP contribution in [0, 0.1) is 0 Å². The van der Waals surface area contributed by atoms with E-state index < -0.39 is 125 Å². The Morgan fingerprint density at radius 1 is 0.781 bits per heavy atom. The van der Waals surface area contributed by atoms with Crippen LogP contribution in [0.1, 0.15) is 18.1 Å². The molecule has 0 saturated carbocycles. The number of anilines is 1. The third-order valence-corrected chi connectivity index (χ3v) is 12.5. The smallest absolute Gasteiger partial charge is 0.387 e. The van der Waals surface area contributed by atoms with E-state index >= 15 is 0 Å². The van der Waals surface area contributed by atoms with E-state index in [1.54, 1.807) is 11.6 Å². The first kappa shape index (κ1) is 50.0. The van der Waals surface area contributed by atoms with Crippen molar-refractivity contribution in [1.29, 1.82) is 0 Å². The molecular weight excluding hydrogens is 956 g/mol. The summed E-state index contributed by atoms with van der Waals surface area (Å²) >= 11 is 0. The fourth-order valence-electron chi connectivity index (χ4n) is 6.74. The number of aliphatic imine (C=N–C) groups is 1. The van der Waals surface area contributed by atoms with Crippen LogP contribution in [0.4, 0.5) is 11.8 Å². The Hall–Kier alpha value is -3.43. The van der Waals surface area contributed by atoms with E-state index in [4.69, 9.17) is 39.0 Å². The van der Waals surface area contributed by atoms with Crippen molar-refractivity contribution in [2.24, 2.45) is 24.8 Å². The van der Waals surface area contributed by atoms with E-state index in [-0.39, 0.29) is 28.9 Å². The molecule has 0 bridgehead atoms. The van der Waals surface area contributed by atoms with Gasteiger partial charge in [-0.05, 0) is 0 Å². The van der Waals surface area contributed by atoms with Crippen LogP contribution in [0.5, 0.6) is 0 Å². The van der Waals surface area contributed by atoms with Gasteiger partial charge in [0.2, 0.25) is 18.0 Å². The first-order chi connectivity index (χ1) is 29.5. The van der Waals surface area contributed by atoms with Gasteiger partial charge in [-0.15, -0.1) is 0 Å². The highest BCUT2D eigenvalue weighted by molar-refractivity contribution is 7.48. The summed E-state index contributed by atoms with van der Waals surface area (Å²) in [6, 6.07) is 0. The molecule has 3 aromatic rings. The maximum Gasteiger partial charge on any atom is 0.472 e. The van der Waals surface area contributed by atoms with Crippen molar-refractivity contribution < 1.29 is 114 Å². The quantitative estimate of drug-likeness (QED) is 0.0393. The monoisotopic (exact) mass is 1000 g/mol. The maximum absolute atomic E-state index is 12.9. The van der Waals surface area contributed by atoms with Gasteiger partial charge in [0.05, 0.1) is 46.2 Å². The number of hydrogen-bond donors (Lipinski definition) is 14. The van der Waals surface area contributed by atoms with Gasteiger partial charge in [-0.3, -0.25) is 46.1 Å². The molecule has 358 valence electrons. The van der Waals surface area contributed by atoms with E-state index in [1.807, 2.05) is 0 Å². The fraction of sp³-hybridized carbons (Fsp3) is 0.593. The fourth-order valence-corrected chi connectivity index (χ4v) is 9.33. The SMILES string of the molecule is C=C1NC(N)=Nc2c1n(C)c[n+]2[C@@H]1O[C@H](COP(=O)(O)OC[C@H](OP(=O)(O)O)[C@H](COP(=O)(O)OC[C@H]2O[C@@H]([n+]3cn(C)c4c(=O)[nH]c(N)nc43)[C@H](O)[C@@H]2O)OP(=O)(O)O)[C@@H](O)[C@H]1O. The van der Waals surface area contributed by atoms with Crippen molar-refractivity contribution in [1.82, 2.24) is 24.4 Å². The number of H-pyrrole nitrogens is 1. The summed E-state index contributed by atoms with van der Waals surface area (Å²) in [5, 5.41) is 45.6. The number of nitrogens with zero attached hydrogens (tertiary/aromatic N) is 6. The molecule has 0 amide bonds. The van der Waals surface area contributed by atoms with Crippen LogP contribution in [-0.2, 0) is 69.0 Å². The molecule has 6 heterocycles. The van der Waals surface area contributed by atoms with Crippen LogP contribution in [0.3, 0.4) is 0 Å². The number of aromatic amines is 1. The molecule has 12 atom stereocenters. The second kappa shape index (κ2) is 18.7. The lowest BCUT2D eigenvalue weighted by molar-refractivity contribution is -0.754. The van der Waals surface area contributed by atoms with Gasteiger partial charge in [0.1, 0.15) is 48.8 Å². The van der Waals surface area contributed by atoms with Crippen molar-refractivity contribution in [3.8, 4) is 0 Å². The number of imidazole rings is 2. The van der Waals surface area contributed by atoms with Crippen molar-refractivity contribution >= 4 is 65.9 Å². The first-order valence-electron chi connectivity index (χ1n) is 18.0. The number of nitrogens with two attached hydrogens (primary N) is 2. The summed E-state index contributed by atoms with van der Waals surface area (Å²) in [5.74, 6) is -0.201. The summed E-state index contributed by atoms with van der Waals surface area (Å²) in [5.41, 5.74) is 11.4. The number of nitrogens with one attached hydrogen (secondary N) is 2. The van der Waals surface area contributed by atoms with Crippen molar-refractivity contribution in [2.75, 3.05) is 32.2 Å². The summed E-state index contributed by atoms with van der Waals surface area (Å²) in [4.78, 5) is 81.8. The van der Waals surface area contributed by atoms with E-state index in [0.29, 0.717) is 11.4 Å². The minimum absolute atomic E-state index is 0.0114. The minimum atomic E-state index is -5.74. The lowest BCUT2D eigenvalue weighted by Gasteiger charge is -2.28. The summed E-state index contributed by atoms with van der Waals surface area (Å²) in [7, 11) is -19.3. The van der Waals surface area contributed by atoms with Crippen LogP contribution >= 0.6 is 31.3 Å². The largest absolute Gasteiger partial charge is 0.472 e. The van der Waals surface area contributed by atoms with Gasteiger partial charge in [-0.2, -0.15) is 0 Å². The molecule has 3 aliphatic heterocycles. The van der Waals surface area contributed by atoms with Crippen LogP contribution in [0.15, 0.2) is 29.0 Å². The minimum Gasteiger partial charge on any atom is -0.387 e. The topological polar surface area (TPSA) is 484 Å². The molecule has 33 nitrogen and oxygen atoms in total. The molecule has 2 unspecified atom stereocenters. The molecule has 0 aliphatic carbocycles. The second-order valence-electron chi connectivity index (χ2n) is 14.1. The number of aryl methyl sites for hydroxylation is 2. The van der Waals surface area contributed by atoms with Crippen LogP contribution in [0.2, 0.25) is 0 Å². The summed E-state index contributed by atoms with van der Waals surface area (Å²) in [6.45, 7) is -1.28. The Morgan fingerprint density at radius 3 is 1.73 bits per heavy atom. The molecule has 64 heavy (non-hydrogen) atoms. The zero-order valence-corrected chi connectivity index (χ0v) is 36.4. The van der Waals surface area contributed by atoms with E-state index in [1.165, 1.54) is 28.8 Å². The molecular formula is C27H44N10O23P4+2. The number of rotatable bonds is 19. The molecule has 0 spiro atoms. The number of aliphatic hydroxyl groups is 4. The Kier molecular flexibility index (Phi) is 14.6. The molecule has 2 fully saturated rings. The Labute approximate surface area is 357 Å². The van der Waals surface area contributed by atoms with Gasteiger partial charge in [0, 0.05) is 0 Å². The molecule has 37 heteroatoms. The first-order valence-corrected chi connectivity index (χ1v) is 24.0. The molecule has 2 saturated heterocycles. The van der Waals surface area contributed by atoms with E-state index in [2.05, 4.69) is 35.9 Å². The molecule has 0 radical (unpaired) electrons. The van der Waals surface area contributed by atoms with Crippen molar-refractivity contribution in [3.63, 3.8) is 0 Å². The third-order valence-electron chi connectivity index (χ3n) is 9.48. The number of aliphatic hydroxyl groups excluding tert-OH is 4. The zero-order chi connectivity index (χ0) is 47.4. The summed E-state index contributed by atoms with van der Waals surface area (Å²) < 4.78 is 94.2. The number of fused-ring (bicyclic) bond motifs is 2. The normalized spacial score (nSPS) is 28.1. The number of phosphoric acid groups is 4. The van der Waals surface area contributed by atoms with Crippen molar-refractivity contribution in [3.05, 3.63) is 35.3 Å². The molecule has 0 aromatic carbocycles. The summed E-state index contributed by atoms with van der Waals surface area (Å²) in [6.07, 6.45) is -15.4. The molecule has 3 aromatic heterocycles. The average Bonchev–Trinajstić information content (AvgIpc) is 3.85. The molecule has 6 rings (SSSR count). The Bertz CT molecular complexity index is 2540. The number of hydrogen-bond acceptors (Lipinski definition) is 22. The van der Waals surface area contributed by atoms with Crippen LogP contribution < -0.4 is 31.5 Å². The van der Waals surface area contributed by atoms with Gasteiger partial charge in [-0.1, -0.05) is 16.6 Å². The van der Waals surface area contributed by atoms with Crippen molar-refractivity contribution in [2.45, 2.75) is 61.3 Å². The highest BCUT2D eigenvalue weighted by Crippen LogP contribution is 2.50. The zero-order valence-electron chi connectivity index (χ0n) is 32.9. The van der Waals surface area contributed by atoms with Gasteiger partial charge in [-0.25, -0.2) is 27.4 Å². The molecule has 16 N–H and O–H groups in total. The van der Waals surface area contributed by atoms with Crippen LogP contribution in [-0.4, -0.2) is 150 Å². The maximum atomic E-state index is 12.9. The Morgan fingerprint density at radius 2 is 1.25 bits per heavy atom. The van der Waals surface area contributed by atoms with Gasteiger partial charge in [0.25, 0.3) is 17.5 Å². The number of nitrogen functional groups attached to an aromatic ring is 1. The Balaban J connectivity index is 1.09. The standard InChI is InChI=1S/C27H42N10O23P4/c1-10-15-21(31-26(28)30-10)36(8-34(15)2)24-19(40)17(38)13(57-24)6-55-63(49,50)53-4-11(59-61(43,44)45)12(60-62(46,47)48)5-54-64(51,52)56-7-14-18(39)20(41)25(58-14)37-9-35(3)16-22(37)32-27(29)33-23(16)42/h8-9,11-14,17-20,24-25,38-41H,1,4-7H2,2-3H3,(H10-2,28,29,30,31,32,33,42,43,44,45,46,47,48,49,50,51,52)/p+2/t11-,12-,13+,14+,17+,18+,19+,20+,24+,25+/m0/s1. The molecule has 3 aliphatic rings. The predicted octanol–water partition coefficient (Wildman–Crippen LogP) is -5.56. The highest BCUT2D eigenvalue weighted by Gasteiger charge is 2.50. The lowest BCUT2D eigenvalue weighted by atomic mass is 10.1. The second-order valence-corrected chi connectivity index (χ2v) is 19.4. The van der Waals surface area contributed by atoms with Gasteiger partial charge >= 0.3 is 42.8 Å². The lowest BCUT2D eigenvalue weighted by Crippen LogP contribution is -2.46. The van der Waals surface area contributed by atoms with Gasteiger partial charge in [0.15, 0.2) is 18.3 Å². The van der Waals surface area contributed by atoms with E-state index in [9.17, 15) is 72.8 Å². The third kappa shape index (κ3) is 11.4. The van der Waals surface area contributed by atoms with Gasteiger partial charge < -0.3 is 76.0 Å². The number of aromatic nitrogens is 6. The number of phosphoric ester groups is 4. The van der Waals surface area contributed by atoms with E-state index in [0.717, 1.165) is 4.57 Å².